The molecule has 3 aromatic rings. The monoisotopic (exact) mass is 507 g/mol. The van der Waals surface area contributed by atoms with Crippen LogP contribution in [0.1, 0.15) is 16.8 Å². The van der Waals surface area contributed by atoms with Crippen molar-refractivity contribution in [2.75, 3.05) is 29.2 Å². The molecule has 0 aliphatic carbocycles. The molecule has 0 saturated carbocycles. The highest BCUT2D eigenvalue weighted by Gasteiger charge is 2.35. The average molecular weight is 508 g/mol. The highest BCUT2D eigenvalue weighted by atomic mass is 79.9. The van der Waals surface area contributed by atoms with Gasteiger partial charge in [0.2, 0.25) is 11.8 Å². The number of hydrogen-bond donors (Lipinski definition) is 2. The summed E-state index contributed by atoms with van der Waals surface area (Å²) in [6.07, 6.45) is 0.109. The lowest BCUT2D eigenvalue weighted by Crippen LogP contribution is -2.28. The standard InChI is InChI=1S/C25H22BrN3O4/c1-33-22-9-5-4-8-21(22)28-25(32)19-6-2-3-7-20(19)27-24(31)16-14-23(30)29(15-16)18-12-10-17(26)11-13-18/h2-13,16H,14-15H2,1H3,(H,27,31)(H,28,32). The molecule has 0 bridgehead atoms. The third-order valence-corrected chi connectivity index (χ3v) is 5.95. The predicted molar refractivity (Wildman–Crippen MR) is 131 cm³/mol. The topological polar surface area (TPSA) is 87.7 Å². The second-order valence-electron chi connectivity index (χ2n) is 7.57. The maximum Gasteiger partial charge on any atom is 0.257 e. The van der Waals surface area contributed by atoms with Crippen molar-refractivity contribution in [3.8, 4) is 5.75 Å². The maximum atomic E-state index is 13.0. The van der Waals surface area contributed by atoms with E-state index in [0.717, 1.165) is 10.2 Å². The molecule has 2 N–H and O–H groups in total. The van der Waals surface area contributed by atoms with Crippen LogP contribution >= 0.6 is 15.9 Å². The number of hydrogen-bond acceptors (Lipinski definition) is 4. The SMILES string of the molecule is COc1ccccc1NC(=O)c1ccccc1NC(=O)C1CC(=O)N(c2ccc(Br)cc2)C1. The number of anilines is 3. The Balaban J connectivity index is 1.47. The number of amides is 3. The van der Waals surface area contributed by atoms with E-state index >= 15 is 0 Å². The minimum Gasteiger partial charge on any atom is -0.495 e. The first-order valence-electron chi connectivity index (χ1n) is 10.4. The van der Waals surface area contributed by atoms with E-state index in [9.17, 15) is 14.4 Å². The molecular weight excluding hydrogens is 486 g/mol. The number of nitrogens with one attached hydrogen (secondary N) is 2. The number of carbonyl (C=O) groups is 3. The number of carbonyl (C=O) groups excluding carboxylic acids is 3. The molecule has 0 aromatic heterocycles. The number of ether oxygens (including phenoxy) is 1. The maximum absolute atomic E-state index is 13.0. The number of nitrogens with zero attached hydrogens (tertiary/aromatic N) is 1. The Hall–Kier alpha value is -3.65. The molecule has 1 aliphatic rings. The molecule has 1 saturated heterocycles. The van der Waals surface area contributed by atoms with Crippen LogP contribution < -0.4 is 20.3 Å². The summed E-state index contributed by atoms with van der Waals surface area (Å²) in [7, 11) is 1.53. The zero-order valence-electron chi connectivity index (χ0n) is 17.9. The van der Waals surface area contributed by atoms with Crippen molar-refractivity contribution in [3.05, 3.63) is 82.8 Å². The van der Waals surface area contributed by atoms with Crippen LogP contribution in [0, 0.1) is 5.92 Å². The van der Waals surface area contributed by atoms with E-state index in [0.29, 0.717) is 22.7 Å². The molecule has 0 spiro atoms. The van der Waals surface area contributed by atoms with E-state index < -0.39 is 5.92 Å². The van der Waals surface area contributed by atoms with Gasteiger partial charge in [-0.05, 0) is 48.5 Å². The van der Waals surface area contributed by atoms with Gasteiger partial charge in [-0.2, -0.15) is 0 Å². The first-order valence-corrected chi connectivity index (χ1v) is 11.2. The van der Waals surface area contributed by atoms with Gasteiger partial charge in [0, 0.05) is 23.1 Å². The summed E-state index contributed by atoms with van der Waals surface area (Å²) in [4.78, 5) is 40.0. The van der Waals surface area contributed by atoms with Crippen LogP contribution in [0.2, 0.25) is 0 Å². The Morgan fingerprint density at radius 2 is 1.61 bits per heavy atom. The summed E-state index contributed by atoms with van der Waals surface area (Å²) in [6, 6.07) is 21.2. The fraction of sp³-hybridized carbons (Fsp3) is 0.160. The van der Waals surface area contributed by atoms with Crippen LogP contribution in [-0.2, 0) is 9.59 Å². The van der Waals surface area contributed by atoms with Gasteiger partial charge in [0.15, 0.2) is 0 Å². The van der Waals surface area contributed by atoms with Gasteiger partial charge < -0.3 is 20.3 Å². The number of halogens is 1. The second kappa shape index (κ2) is 9.87. The summed E-state index contributed by atoms with van der Waals surface area (Å²) in [6.45, 7) is 0.280. The molecule has 168 valence electrons. The minimum absolute atomic E-state index is 0.109. The number of benzene rings is 3. The molecule has 3 aromatic carbocycles. The second-order valence-corrected chi connectivity index (χ2v) is 8.49. The molecule has 0 radical (unpaired) electrons. The van der Waals surface area contributed by atoms with E-state index in [1.165, 1.54) is 7.11 Å². The van der Waals surface area contributed by atoms with Gasteiger partial charge in [0.05, 0.1) is 30.0 Å². The van der Waals surface area contributed by atoms with E-state index in [1.807, 2.05) is 30.3 Å². The van der Waals surface area contributed by atoms with Crippen LogP contribution in [0.15, 0.2) is 77.3 Å². The van der Waals surface area contributed by atoms with Gasteiger partial charge in [-0.15, -0.1) is 0 Å². The van der Waals surface area contributed by atoms with Gasteiger partial charge in [-0.1, -0.05) is 40.2 Å². The van der Waals surface area contributed by atoms with Crippen molar-refractivity contribution in [2.45, 2.75) is 6.42 Å². The van der Waals surface area contributed by atoms with Crippen LogP contribution in [0.3, 0.4) is 0 Å². The molecule has 7 nitrogen and oxygen atoms in total. The highest BCUT2D eigenvalue weighted by molar-refractivity contribution is 9.10. The molecule has 3 amide bonds. The van der Waals surface area contributed by atoms with E-state index in [4.69, 9.17) is 4.74 Å². The van der Waals surface area contributed by atoms with Crippen molar-refractivity contribution in [1.29, 1.82) is 0 Å². The van der Waals surface area contributed by atoms with Crippen molar-refractivity contribution in [3.63, 3.8) is 0 Å². The van der Waals surface area contributed by atoms with E-state index in [1.54, 1.807) is 47.4 Å². The molecule has 1 fully saturated rings. The first kappa shape index (κ1) is 22.5. The van der Waals surface area contributed by atoms with Crippen LogP contribution in [0.4, 0.5) is 17.1 Å². The molecule has 4 rings (SSSR count). The lowest BCUT2D eigenvalue weighted by Gasteiger charge is -2.17. The molecule has 1 heterocycles. The quantitative estimate of drug-likeness (QED) is 0.506. The predicted octanol–water partition coefficient (Wildman–Crippen LogP) is 4.70. The summed E-state index contributed by atoms with van der Waals surface area (Å²) in [5.74, 6) is -0.786. The largest absolute Gasteiger partial charge is 0.495 e. The minimum atomic E-state index is -0.522. The van der Waals surface area contributed by atoms with Crippen molar-refractivity contribution < 1.29 is 19.1 Å². The average Bonchev–Trinajstić information content (AvgIpc) is 3.22. The van der Waals surface area contributed by atoms with Crippen molar-refractivity contribution >= 4 is 50.7 Å². The van der Waals surface area contributed by atoms with Gasteiger partial charge in [0.25, 0.3) is 5.91 Å². The Kier molecular flexibility index (Phi) is 6.74. The fourth-order valence-electron chi connectivity index (χ4n) is 3.72. The highest BCUT2D eigenvalue weighted by Crippen LogP contribution is 2.28. The molecule has 1 unspecified atom stereocenters. The lowest BCUT2D eigenvalue weighted by molar-refractivity contribution is -0.122. The van der Waals surface area contributed by atoms with Crippen molar-refractivity contribution in [1.82, 2.24) is 0 Å². The molecule has 33 heavy (non-hydrogen) atoms. The smallest absolute Gasteiger partial charge is 0.257 e. The lowest BCUT2D eigenvalue weighted by atomic mass is 10.1. The van der Waals surface area contributed by atoms with Crippen LogP contribution in [-0.4, -0.2) is 31.4 Å². The zero-order valence-corrected chi connectivity index (χ0v) is 19.5. The van der Waals surface area contributed by atoms with Gasteiger partial charge in [0.1, 0.15) is 5.75 Å². The van der Waals surface area contributed by atoms with Crippen LogP contribution in [0.25, 0.3) is 0 Å². The Morgan fingerprint density at radius 3 is 2.33 bits per heavy atom. The molecular formula is C25H22BrN3O4. The Labute approximate surface area is 199 Å². The van der Waals surface area contributed by atoms with E-state index in [-0.39, 0.29) is 30.7 Å². The van der Waals surface area contributed by atoms with Gasteiger partial charge in [-0.25, -0.2) is 0 Å². The summed E-state index contributed by atoms with van der Waals surface area (Å²) < 4.78 is 6.20. The number of rotatable bonds is 6. The van der Waals surface area contributed by atoms with Gasteiger partial charge in [-0.3, -0.25) is 14.4 Å². The fourth-order valence-corrected chi connectivity index (χ4v) is 3.98. The third-order valence-electron chi connectivity index (χ3n) is 5.42. The summed E-state index contributed by atoms with van der Waals surface area (Å²) >= 11 is 3.38. The normalized spacial score (nSPS) is 15.3. The van der Waals surface area contributed by atoms with Gasteiger partial charge >= 0.3 is 0 Å². The first-order chi connectivity index (χ1) is 16.0. The molecule has 8 heteroatoms. The molecule has 1 atom stereocenters. The Bertz CT molecular complexity index is 1200. The third kappa shape index (κ3) is 5.06. The van der Waals surface area contributed by atoms with Crippen molar-refractivity contribution in [2.24, 2.45) is 5.92 Å². The Morgan fingerprint density at radius 1 is 0.939 bits per heavy atom. The van der Waals surface area contributed by atoms with E-state index in [2.05, 4.69) is 26.6 Å². The zero-order chi connectivity index (χ0) is 23.4. The summed E-state index contributed by atoms with van der Waals surface area (Å²) in [5.41, 5.74) is 1.96. The van der Waals surface area contributed by atoms with Crippen LogP contribution in [0.5, 0.6) is 5.75 Å². The summed E-state index contributed by atoms with van der Waals surface area (Å²) in [5, 5.41) is 5.65. The number of methoxy groups -OCH3 is 1. The molecule has 1 aliphatic heterocycles. The number of para-hydroxylation sites is 3.